The highest BCUT2D eigenvalue weighted by Gasteiger charge is 2.33. The fourth-order valence-corrected chi connectivity index (χ4v) is 2.79. The normalized spacial score (nSPS) is 24.7. The molecule has 1 saturated heterocycles. The van der Waals surface area contributed by atoms with Gasteiger partial charge in [-0.05, 0) is 23.8 Å². The minimum absolute atomic E-state index is 0.0579. The van der Waals surface area contributed by atoms with Crippen LogP contribution in [0.1, 0.15) is 31.7 Å². The van der Waals surface area contributed by atoms with E-state index in [1.54, 1.807) is 0 Å². The fourth-order valence-electron chi connectivity index (χ4n) is 2.79. The number of piperidine rings is 1. The first-order chi connectivity index (χ1) is 10.0. The van der Waals surface area contributed by atoms with Crippen LogP contribution in [0.25, 0.3) is 0 Å². The molecule has 3 unspecified atom stereocenters. The van der Waals surface area contributed by atoms with Crippen LogP contribution >= 0.6 is 0 Å². The van der Waals surface area contributed by atoms with E-state index >= 15 is 0 Å². The molecule has 1 heterocycles. The second-order valence-corrected chi connectivity index (χ2v) is 5.90. The summed E-state index contributed by atoms with van der Waals surface area (Å²) in [5, 5.41) is 12.1. The van der Waals surface area contributed by atoms with Crippen molar-refractivity contribution < 1.29 is 10.0 Å². The van der Waals surface area contributed by atoms with Crippen molar-refractivity contribution in [3.63, 3.8) is 0 Å². The number of benzene rings is 1. The molecule has 5 nitrogen and oxygen atoms in total. The summed E-state index contributed by atoms with van der Waals surface area (Å²) < 4.78 is 0. The van der Waals surface area contributed by atoms with Gasteiger partial charge in [-0.25, -0.2) is 0 Å². The summed E-state index contributed by atoms with van der Waals surface area (Å²) in [6.45, 7) is 5.82. The zero-order valence-electron chi connectivity index (χ0n) is 12.6. The van der Waals surface area contributed by atoms with Crippen LogP contribution in [0.5, 0.6) is 0 Å². The molecule has 114 valence electrons. The molecular formula is C16H23N3O2. The fraction of sp³-hybridized carbons (Fsp3) is 0.500. The lowest BCUT2D eigenvalue weighted by Crippen LogP contribution is -2.46. The van der Waals surface area contributed by atoms with Crippen molar-refractivity contribution in [1.82, 2.24) is 4.90 Å². The number of likely N-dealkylation sites (tertiary alicyclic amines) is 1. The van der Waals surface area contributed by atoms with Crippen molar-refractivity contribution in [2.45, 2.75) is 26.2 Å². The lowest BCUT2D eigenvalue weighted by Gasteiger charge is -2.37. The maximum absolute atomic E-state index is 12.8. The number of hydrogen-bond donors (Lipinski definition) is 2. The van der Waals surface area contributed by atoms with Gasteiger partial charge < -0.3 is 15.8 Å². The van der Waals surface area contributed by atoms with Crippen molar-refractivity contribution in [3.05, 3.63) is 35.9 Å². The minimum Gasteiger partial charge on any atom is -0.409 e. The molecule has 1 aliphatic rings. The topological polar surface area (TPSA) is 78.9 Å². The summed E-state index contributed by atoms with van der Waals surface area (Å²) in [5.41, 5.74) is 6.53. The van der Waals surface area contributed by atoms with Crippen LogP contribution in [0.2, 0.25) is 0 Å². The highest BCUT2D eigenvalue weighted by Crippen LogP contribution is 2.26. The van der Waals surface area contributed by atoms with E-state index in [9.17, 15) is 4.79 Å². The predicted molar refractivity (Wildman–Crippen MR) is 82.1 cm³/mol. The number of rotatable bonds is 3. The Hall–Kier alpha value is -2.04. The third-order valence-corrected chi connectivity index (χ3v) is 4.44. The number of oxime groups is 1. The number of amides is 1. The molecule has 0 aliphatic carbocycles. The first kappa shape index (κ1) is 15.4. The molecule has 21 heavy (non-hydrogen) atoms. The average molecular weight is 289 g/mol. The Kier molecular flexibility index (Phi) is 4.83. The van der Waals surface area contributed by atoms with Gasteiger partial charge in [-0.2, -0.15) is 0 Å². The molecule has 0 saturated carbocycles. The number of carbonyl (C=O) groups excluding carboxylic acids is 1. The number of nitrogens with zero attached hydrogens (tertiary/aromatic N) is 2. The standard InChI is InChI=1S/C16H23N3O2/c1-11-8-9-19(10-12(11)2)16(20)14(15(17)18-21)13-6-4-3-5-7-13/h3-7,11-12,14,21H,8-10H2,1-2H3,(H2,17,18). The van der Waals surface area contributed by atoms with E-state index in [0.717, 1.165) is 25.1 Å². The quantitative estimate of drug-likeness (QED) is 0.387. The smallest absolute Gasteiger partial charge is 0.237 e. The molecule has 1 aromatic rings. The summed E-state index contributed by atoms with van der Waals surface area (Å²) in [7, 11) is 0. The van der Waals surface area contributed by atoms with Gasteiger partial charge in [0, 0.05) is 13.1 Å². The molecule has 0 spiro atoms. The third kappa shape index (κ3) is 3.35. The molecular weight excluding hydrogens is 266 g/mol. The predicted octanol–water partition coefficient (Wildman–Crippen LogP) is 2.02. The lowest BCUT2D eigenvalue weighted by atomic mass is 9.87. The molecule has 2 rings (SSSR count). The maximum Gasteiger partial charge on any atom is 0.237 e. The molecule has 3 atom stereocenters. The van der Waals surface area contributed by atoms with Crippen molar-refractivity contribution in [3.8, 4) is 0 Å². The van der Waals surface area contributed by atoms with Crippen LogP contribution in [-0.4, -0.2) is 34.9 Å². The van der Waals surface area contributed by atoms with Crippen LogP contribution in [-0.2, 0) is 4.79 Å². The van der Waals surface area contributed by atoms with Crippen molar-refractivity contribution in [2.75, 3.05) is 13.1 Å². The molecule has 1 aliphatic heterocycles. The van der Waals surface area contributed by atoms with Gasteiger partial charge in [0.05, 0.1) is 0 Å². The van der Waals surface area contributed by atoms with Gasteiger partial charge in [0.1, 0.15) is 5.92 Å². The summed E-state index contributed by atoms with van der Waals surface area (Å²) in [6.07, 6.45) is 0.991. The SMILES string of the molecule is CC1CCN(C(=O)C(/C(N)=N/O)c2ccccc2)CC1C. The zero-order valence-corrected chi connectivity index (χ0v) is 12.6. The number of carbonyl (C=O) groups is 1. The van der Waals surface area contributed by atoms with E-state index in [-0.39, 0.29) is 11.7 Å². The largest absolute Gasteiger partial charge is 0.409 e. The Morgan fingerprint density at radius 3 is 2.57 bits per heavy atom. The average Bonchev–Trinajstić information content (AvgIpc) is 2.51. The highest BCUT2D eigenvalue weighted by molar-refractivity contribution is 6.07. The maximum atomic E-state index is 12.8. The molecule has 0 bridgehead atoms. The van der Waals surface area contributed by atoms with Gasteiger partial charge in [-0.3, -0.25) is 4.79 Å². The molecule has 1 fully saturated rings. The van der Waals surface area contributed by atoms with Gasteiger partial charge in [0.2, 0.25) is 5.91 Å². The lowest BCUT2D eigenvalue weighted by molar-refractivity contribution is -0.133. The van der Waals surface area contributed by atoms with Gasteiger partial charge in [0.25, 0.3) is 0 Å². The zero-order chi connectivity index (χ0) is 15.4. The van der Waals surface area contributed by atoms with E-state index < -0.39 is 5.92 Å². The van der Waals surface area contributed by atoms with E-state index in [1.807, 2.05) is 35.2 Å². The summed E-state index contributed by atoms with van der Waals surface area (Å²) >= 11 is 0. The van der Waals surface area contributed by atoms with Crippen LogP contribution < -0.4 is 5.73 Å². The van der Waals surface area contributed by atoms with E-state index in [0.29, 0.717) is 11.8 Å². The first-order valence-corrected chi connectivity index (χ1v) is 7.35. The Balaban J connectivity index is 2.24. The van der Waals surface area contributed by atoms with Crippen LogP contribution in [0, 0.1) is 11.8 Å². The Morgan fingerprint density at radius 2 is 2.00 bits per heavy atom. The van der Waals surface area contributed by atoms with Crippen LogP contribution in [0.4, 0.5) is 0 Å². The second kappa shape index (κ2) is 6.61. The van der Waals surface area contributed by atoms with Crippen LogP contribution in [0.15, 0.2) is 35.5 Å². The Morgan fingerprint density at radius 1 is 1.33 bits per heavy atom. The summed E-state index contributed by atoms with van der Waals surface area (Å²) in [5.74, 6) is 0.226. The van der Waals surface area contributed by atoms with Gasteiger partial charge in [-0.15, -0.1) is 0 Å². The number of amidine groups is 1. The van der Waals surface area contributed by atoms with Crippen molar-refractivity contribution >= 4 is 11.7 Å². The molecule has 5 heteroatoms. The summed E-state index contributed by atoms with van der Waals surface area (Å²) in [6, 6.07) is 9.23. The second-order valence-electron chi connectivity index (χ2n) is 5.90. The van der Waals surface area contributed by atoms with Crippen LogP contribution in [0.3, 0.4) is 0 Å². The van der Waals surface area contributed by atoms with Gasteiger partial charge in [-0.1, -0.05) is 49.3 Å². The number of hydrogen-bond acceptors (Lipinski definition) is 3. The molecule has 1 aromatic carbocycles. The highest BCUT2D eigenvalue weighted by atomic mass is 16.4. The van der Waals surface area contributed by atoms with Gasteiger partial charge in [0.15, 0.2) is 5.84 Å². The molecule has 0 radical (unpaired) electrons. The minimum atomic E-state index is -0.711. The Bertz CT molecular complexity index is 516. The van der Waals surface area contributed by atoms with E-state index in [1.165, 1.54) is 0 Å². The van der Waals surface area contributed by atoms with E-state index in [4.69, 9.17) is 10.9 Å². The first-order valence-electron chi connectivity index (χ1n) is 7.35. The third-order valence-electron chi connectivity index (χ3n) is 4.44. The van der Waals surface area contributed by atoms with Crippen molar-refractivity contribution in [2.24, 2.45) is 22.7 Å². The monoisotopic (exact) mass is 289 g/mol. The summed E-state index contributed by atoms with van der Waals surface area (Å²) in [4.78, 5) is 14.6. The molecule has 1 amide bonds. The van der Waals surface area contributed by atoms with E-state index in [2.05, 4.69) is 19.0 Å². The van der Waals surface area contributed by atoms with Gasteiger partial charge >= 0.3 is 0 Å². The molecule has 0 aromatic heterocycles. The number of nitrogens with two attached hydrogens (primary N) is 1. The Labute approximate surface area is 125 Å². The molecule has 3 N–H and O–H groups in total. The van der Waals surface area contributed by atoms with Crippen molar-refractivity contribution in [1.29, 1.82) is 0 Å².